The Morgan fingerprint density at radius 3 is 2.26 bits per heavy atom. The second kappa shape index (κ2) is 6.51. The molecular formula is C16H27N3. The first-order valence-electron chi connectivity index (χ1n) is 7.33. The Kier molecular flexibility index (Phi) is 4.97. The average Bonchev–Trinajstić information content (AvgIpc) is 2.40. The Bertz CT molecular complexity index is 367. The molecule has 0 unspecified atom stereocenters. The summed E-state index contributed by atoms with van der Waals surface area (Å²) in [5.74, 6) is 0. The van der Waals surface area contributed by atoms with Gasteiger partial charge in [0.05, 0.1) is 0 Å². The summed E-state index contributed by atoms with van der Waals surface area (Å²) >= 11 is 0. The van der Waals surface area contributed by atoms with Gasteiger partial charge in [-0.3, -0.25) is 9.80 Å². The molecule has 1 aromatic carbocycles. The topological polar surface area (TPSA) is 32.5 Å². The Balaban J connectivity index is 1.82. The fourth-order valence-corrected chi connectivity index (χ4v) is 2.86. The summed E-state index contributed by atoms with van der Waals surface area (Å²) < 4.78 is 0. The molecule has 0 amide bonds. The summed E-state index contributed by atoms with van der Waals surface area (Å²) in [4.78, 5) is 5.13. The highest BCUT2D eigenvalue weighted by Gasteiger charge is 2.28. The quantitative estimate of drug-likeness (QED) is 0.879. The highest BCUT2D eigenvalue weighted by Crippen LogP contribution is 2.20. The molecule has 1 aromatic rings. The molecule has 1 aliphatic rings. The van der Waals surface area contributed by atoms with Crippen LogP contribution in [-0.2, 0) is 6.54 Å². The summed E-state index contributed by atoms with van der Waals surface area (Å²) in [5.41, 5.74) is 7.37. The van der Waals surface area contributed by atoms with Gasteiger partial charge in [0.1, 0.15) is 0 Å². The molecule has 0 saturated carbocycles. The first-order chi connectivity index (χ1) is 9.12. The van der Waals surface area contributed by atoms with E-state index < -0.39 is 0 Å². The first-order valence-corrected chi connectivity index (χ1v) is 7.33. The lowest BCUT2D eigenvalue weighted by Crippen LogP contribution is -2.54. The number of benzene rings is 1. The molecule has 19 heavy (non-hydrogen) atoms. The van der Waals surface area contributed by atoms with Crippen molar-refractivity contribution in [2.75, 3.05) is 32.7 Å². The van der Waals surface area contributed by atoms with Crippen molar-refractivity contribution in [2.24, 2.45) is 5.73 Å². The highest BCUT2D eigenvalue weighted by molar-refractivity contribution is 5.14. The normalized spacial score (nSPS) is 18.7. The number of hydrogen-bond donors (Lipinski definition) is 1. The zero-order chi connectivity index (χ0) is 13.7. The maximum Gasteiger partial charge on any atom is 0.0234 e. The van der Waals surface area contributed by atoms with E-state index in [1.165, 1.54) is 5.56 Å². The van der Waals surface area contributed by atoms with E-state index in [1.807, 2.05) is 0 Å². The fraction of sp³-hybridized carbons (Fsp3) is 0.625. The molecule has 2 N–H and O–H groups in total. The van der Waals surface area contributed by atoms with Crippen LogP contribution in [0.3, 0.4) is 0 Å². The van der Waals surface area contributed by atoms with Crippen LogP contribution in [0.25, 0.3) is 0 Å². The van der Waals surface area contributed by atoms with Gasteiger partial charge in [0.25, 0.3) is 0 Å². The van der Waals surface area contributed by atoms with E-state index in [-0.39, 0.29) is 5.54 Å². The molecule has 3 nitrogen and oxygen atoms in total. The average molecular weight is 261 g/mol. The molecule has 0 bridgehead atoms. The van der Waals surface area contributed by atoms with Crippen molar-refractivity contribution in [1.82, 2.24) is 9.80 Å². The van der Waals surface area contributed by atoms with Gasteiger partial charge in [-0.1, -0.05) is 30.3 Å². The van der Waals surface area contributed by atoms with Gasteiger partial charge in [-0.15, -0.1) is 0 Å². The third-order valence-corrected chi connectivity index (χ3v) is 4.23. The highest BCUT2D eigenvalue weighted by atomic mass is 15.3. The fourth-order valence-electron chi connectivity index (χ4n) is 2.86. The van der Waals surface area contributed by atoms with Crippen LogP contribution < -0.4 is 5.73 Å². The van der Waals surface area contributed by atoms with E-state index in [9.17, 15) is 0 Å². The Hall–Kier alpha value is -0.900. The lowest BCUT2D eigenvalue weighted by atomic mass is 9.97. The van der Waals surface area contributed by atoms with Gasteiger partial charge < -0.3 is 5.73 Å². The van der Waals surface area contributed by atoms with Gasteiger partial charge in [-0.2, -0.15) is 0 Å². The molecule has 0 aromatic heterocycles. The van der Waals surface area contributed by atoms with Crippen LogP contribution in [-0.4, -0.2) is 48.1 Å². The largest absolute Gasteiger partial charge is 0.330 e. The van der Waals surface area contributed by atoms with Gasteiger partial charge in [0.2, 0.25) is 0 Å². The van der Waals surface area contributed by atoms with E-state index in [1.54, 1.807) is 0 Å². The van der Waals surface area contributed by atoms with Crippen LogP contribution in [0.2, 0.25) is 0 Å². The van der Waals surface area contributed by atoms with E-state index in [0.29, 0.717) is 0 Å². The number of nitrogens with two attached hydrogens (primary N) is 1. The molecule has 0 radical (unpaired) electrons. The minimum atomic E-state index is 0.244. The number of rotatable bonds is 5. The number of hydrogen-bond acceptors (Lipinski definition) is 3. The predicted molar refractivity (Wildman–Crippen MR) is 81.0 cm³/mol. The van der Waals surface area contributed by atoms with Crippen molar-refractivity contribution in [3.05, 3.63) is 35.9 Å². The smallest absolute Gasteiger partial charge is 0.0234 e. The summed E-state index contributed by atoms with van der Waals surface area (Å²) in [6.07, 6.45) is 1.08. The summed E-state index contributed by atoms with van der Waals surface area (Å²) in [6.45, 7) is 11.1. The summed E-state index contributed by atoms with van der Waals surface area (Å²) in [5, 5.41) is 0. The van der Waals surface area contributed by atoms with Crippen molar-refractivity contribution < 1.29 is 0 Å². The van der Waals surface area contributed by atoms with Crippen molar-refractivity contribution in [3.8, 4) is 0 Å². The van der Waals surface area contributed by atoms with E-state index >= 15 is 0 Å². The summed E-state index contributed by atoms with van der Waals surface area (Å²) in [6, 6.07) is 10.7. The number of piperazine rings is 1. The van der Waals surface area contributed by atoms with Crippen LogP contribution in [0.4, 0.5) is 0 Å². The second-order valence-electron chi connectivity index (χ2n) is 6.10. The molecule has 0 atom stereocenters. The lowest BCUT2D eigenvalue weighted by molar-refractivity contribution is 0.0458. The Morgan fingerprint density at radius 2 is 1.68 bits per heavy atom. The van der Waals surface area contributed by atoms with E-state index in [2.05, 4.69) is 54.0 Å². The van der Waals surface area contributed by atoms with Gasteiger partial charge >= 0.3 is 0 Å². The molecular weight excluding hydrogens is 234 g/mol. The molecule has 106 valence electrons. The minimum Gasteiger partial charge on any atom is -0.330 e. The van der Waals surface area contributed by atoms with Crippen LogP contribution in [0, 0.1) is 0 Å². The molecule has 3 heteroatoms. The van der Waals surface area contributed by atoms with Crippen molar-refractivity contribution in [1.29, 1.82) is 0 Å². The van der Waals surface area contributed by atoms with Gasteiger partial charge in [-0.05, 0) is 32.4 Å². The van der Waals surface area contributed by atoms with Gasteiger partial charge in [-0.25, -0.2) is 0 Å². The van der Waals surface area contributed by atoms with Crippen molar-refractivity contribution in [2.45, 2.75) is 32.4 Å². The zero-order valence-corrected chi connectivity index (χ0v) is 12.3. The maximum atomic E-state index is 5.71. The monoisotopic (exact) mass is 261 g/mol. The SMILES string of the molecule is CC(C)(CCN)N1CCN(Cc2ccccc2)CC1. The lowest BCUT2D eigenvalue weighted by Gasteiger charge is -2.44. The second-order valence-corrected chi connectivity index (χ2v) is 6.10. The third-order valence-electron chi connectivity index (χ3n) is 4.23. The molecule has 0 spiro atoms. The minimum absolute atomic E-state index is 0.244. The Morgan fingerprint density at radius 1 is 1.05 bits per heavy atom. The first kappa shape index (κ1) is 14.5. The molecule has 1 fully saturated rings. The zero-order valence-electron chi connectivity index (χ0n) is 12.3. The third kappa shape index (κ3) is 4.03. The van der Waals surface area contributed by atoms with Crippen molar-refractivity contribution in [3.63, 3.8) is 0 Å². The van der Waals surface area contributed by atoms with Crippen LogP contribution >= 0.6 is 0 Å². The molecule has 2 rings (SSSR count). The maximum absolute atomic E-state index is 5.71. The molecule has 1 aliphatic heterocycles. The van der Waals surface area contributed by atoms with Crippen molar-refractivity contribution >= 4 is 0 Å². The van der Waals surface area contributed by atoms with Crippen LogP contribution in [0.5, 0.6) is 0 Å². The predicted octanol–water partition coefficient (Wildman–Crippen LogP) is 1.93. The van der Waals surface area contributed by atoms with E-state index in [0.717, 1.165) is 45.7 Å². The Labute approximate surface area is 117 Å². The summed E-state index contributed by atoms with van der Waals surface area (Å²) in [7, 11) is 0. The molecule has 0 aliphatic carbocycles. The molecule has 1 saturated heterocycles. The van der Waals surface area contributed by atoms with Gasteiger partial charge in [0.15, 0.2) is 0 Å². The van der Waals surface area contributed by atoms with Crippen LogP contribution in [0.15, 0.2) is 30.3 Å². The van der Waals surface area contributed by atoms with Gasteiger partial charge in [0, 0.05) is 38.3 Å². The van der Waals surface area contributed by atoms with Crippen LogP contribution in [0.1, 0.15) is 25.8 Å². The standard InChI is InChI=1S/C16H27N3/c1-16(2,8-9-17)19-12-10-18(11-13-19)14-15-6-4-3-5-7-15/h3-7H,8-14,17H2,1-2H3. The molecule has 1 heterocycles. The van der Waals surface area contributed by atoms with E-state index in [4.69, 9.17) is 5.73 Å². The number of nitrogens with zero attached hydrogens (tertiary/aromatic N) is 2.